The maximum Gasteiger partial charge on any atom is 0.433 e. The number of hydrogen-bond acceptors (Lipinski definition) is 7. The summed E-state index contributed by atoms with van der Waals surface area (Å²) in [6.07, 6.45) is 2.81. The van der Waals surface area contributed by atoms with Gasteiger partial charge in [-0.15, -0.1) is 0 Å². The van der Waals surface area contributed by atoms with Crippen LogP contribution in [0.2, 0.25) is 0 Å². The molecule has 0 unspecified atom stereocenters. The fraction of sp³-hybridized carbons (Fsp3) is 0.0625. The predicted octanol–water partition coefficient (Wildman–Crippen LogP) is 2.35. The Balaban J connectivity index is 1.70. The first-order valence-corrected chi connectivity index (χ1v) is 7.34. The number of carbonyl (C=O) groups is 1. The number of hydrogen-bond donors (Lipinski definition) is 2. The van der Waals surface area contributed by atoms with Crippen LogP contribution in [0.5, 0.6) is 5.75 Å². The van der Waals surface area contributed by atoms with Gasteiger partial charge in [0.05, 0.1) is 25.6 Å². The van der Waals surface area contributed by atoms with E-state index < -0.39 is 10.8 Å². The molecule has 3 aromatic rings. The average molecular weight is 355 g/mol. The van der Waals surface area contributed by atoms with Gasteiger partial charge < -0.3 is 9.15 Å². The Bertz CT molecular complexity index is 958. The highest BCUT2D eigenvalue weighted by molar-refractivity contribution is 5.95. The molecular weight excluding hydrogens is 342 g/mol. The van der Waals surface area contributed by atoms with E-state index in [1.54, 1.807) is 24.3 Å². The van der Waals surface area contributed by atoms with E-state index in [2.05, 4.69) is 20.7 Å². The smallest absolute Gasteiger partial charge is 0.433 e. The Morgan fingerprint density at radius 3 is 2.77 bits per heavy atom. The molecule has 26 heavy (non-hydrogen) atoms. The molecule has 0 saturated carbocycles. The first kappa shape index (κ1) is 16.9. The molecule has 1 aromatic carbocycles. The number of nitrogens with zero attached hydrogens (tertiary/aromatic N) is 3. The molecule has 2 aromatic heterocycles. The Hall–Kier alpha value is -3.95. The number of H-pyrrole nitrogens is 1. The van der Waals surface area contributed by atoms with Gasteiger partial charge in [0.25, 0.3) is 5.91 Å². The number of aromatic nitrogens is 2. The van der Waals surface area contributed by atoms with Crippen LogP contribution in [0.1, 0.15) is 15.9 Å². The van der Waals surface area contributed by atoms with E-state index in [-0.39, 0.29) is 11.6 Å². The number of methoxy groups -OCH3 is 1. The number of nitro groups is 1. The summed E-state index contributed by atoms with van der Waals surface area (Å²) in [5, 5.41) is 21.1. The molecule has 0 fully saturated rings. The second-order valence-electron chi connectivity index (χ2n) is 5.02. The van der Waals surface area contributed by atoms with E-state index in [1.807, 2.05) is 0 Å². The van der Waals surface area contributed by atoms with Crippen LogP contribution in [0.15, 0.2) is 52.1 Å². The lowest BCUT2D eigenvalue weighted by Crippen LogP contribution is -2.17. The first-order chi connectivity index (χ1) is 12.6. The molecule has 0 saturated heterocycles. The predicted molar refractivity (Wildman–Crippen MR) is 91.0 cm³/mol. The zero-order valence-electron chi connectivity index (χ0n) is 13.5. The van der Waals surface area contributed by atoms with Crippen LogP contribution in [0.3, 0.4) is 0 Å². The molecule has 0 atom stereocenters. The van der Waals surface area contributed by atoms with Gasteiger partial charge in [-0.25, -0.2) is 5.43 Å². The third-order valence-electron chi connectivity index (χ3n) is 3.41. The van der Waals surface area contributed by atoms with Crippen LogP contribution >= 0.6 is 0 Å². The maximum atomic E-state index is 12.0. The van der Waals surface area contributed by atoms with Gasteiger partial charge in [-0.3, -0.25) is 20.0 Å². The lowest BCUT2D eigenvalue weighted by Gasteiger charge is -2.02. The highest BCUT2D eigenvalue weighted by atomic mass is 16.6. The Morgan fingerprint density at radius 1 is 1.35 bits per heavy atom. The topological polar surface area (TPSA) is 136 Å². The summed E-state index contributed by atoms with van der Waals surface area (Å²) in [4.78, 5) is 22.1. The zero-order chi connectivity index (χ0) is 18.5. The molecule has 2 N–H and O–H groups in total. The van der Waals surface area contributed by atoms with E-state index in [1.165, 1.54) is 31.7 Å². The number of aromatic amines is 1. The molecule has 0 bridgehead atoms. The molecule has 1 amide bonds. The standard InChI is InChI=1S/C16H13N5O5/c1-25-12-4-2-10(3-5-12)16(22)20-18-9-11-8-17-19-15(11)13-6-7-14(26-13)21(23)24/h2-9H,1H3,(H,17,19)(H,20,22). The van der Waals surface area contributed by atoms with Gasteiger partial charge in [-0.2, -0.15) is 10.2 Å². The summed E-state index contributed by atoms with van der Waals surface area (Å²) in [7, 11) is 1.54. The van der Waals surface area contributed by atoms with Crippen LogP contribution in [0.4, 0.5) is 5.88 Å². The van der Waals surface area contributed by atoms with Crippen molar-refractivity contribution < 1.29 is 18.9 Å². The molecule has 2 heterocycles. The SMILES string of the molecule is COc1ccc(C(=O)NN=Cc2cn[nH]c2-c2ccc([N+](=O)[O-])o2)cc1. The summed E-state index contributed by atoms with van der Waals surface area (Å²) in [6, 6.07) is 9.22. The van der Waals surface area contributed by atoms with Crippen LogP contribution < -0.4 is 10.2 Å². The number of carbonyl (C=O) groups excluding carboxylic acids is 1. The Labute approximate surface area is 146 Å². The normalized spacial score (nSPS) is 10.8. The summed E-state index contributed by atoms with van der Waals surface area (Å²) in [5.74, 6) is 0.0886. The van der Waals surface area contributed by atoms with Crippen molar-refractivity contribution in [2.45, 2.75) is 0 Å². The van der Waals surface area contributed by atoms with Crippen LogP contribution in [0.25, 0.3) is 11.5 Å². The van der Waals surface area contributed by atoms with Crippen molar-refractivity contribution >= 4 is 18.0 Å². The molecule has 0 radical (unpaired) electrons. The Kier molecular flexibility index (Phi) is 4.74. The summed E-state index contributed by atoms with van der Waals surface area (Å²) < 4.78 is 10.1. The molecular formula is C16H13N5O5. The minimum absolute atomic E-state index is 0.233. The third-order valence-corrected chi connectivity index (χ3v) is 3.41. The largest absolute Gasteiger partial charge is 0.497 e. The number of rotatable bonds is 6. The zero-order valence-corrected chi connectivity index (χ0v) is 13.5. The van der Waals surface area contributed by atoms with E-state index in [4.69, 9.17) is 9.15 Å². The van der Waals surface area contributed by atoms with E-state index >= 15 is 0 Å². The minimum Gasteiger partial charge on any atom is -0.497 e. The summed E-state index contributed by atoms with van der Waals surface area (Å²) in [5.41, 5.74) is 3.69. The number of benzene rings is 1. The molecule has 0 aliphatic rings. The highest BCUT2D eigenvalue weighted by Gasteiger charge is 2.16. The molecule has 0 aliphatic heterocycles. The fourth-order valence-corrected chi connectivity index (χ4v) is 2.12. The van der Waals surface area contributed by atoms with Crippen LogP contribution in [-0.2, 0) is 0 Å². The van der Waals surface area contributed by atoms with Crippen molar-refractivity contribution in [3.05, 3.63) is 63.8 Å². The lowest BCUT2D eigenvalue weighted by atomic mass is 10.2. The number of ether oxygens (including phenoxy) is 1. The van der Waals surface area contributed by atoms with Crippen molar-refractivity contribution in [2.75, 3.05) is 7.11 Å². The van der Waals surface area contributed by atoms with Gasteiger partial charge >= 0.3 is 5.88 Å². The van der Waals surface area contributed by atoms with Crippen LogP contribution in [-0.4, -0.2) is 34.4 Å². The van der Waals surface area contributed by atoms with Gasteiger partial charge in [0.1, 0.15) is 16.4 Å². The molecule has 132 valence electrons. The van der Waals surface area contributed by atoms with Gasteiger partial charge in [-0.05, 0) is 30.3 Å². The fourth-order valence-electron chi connectivity index (χ4n) is 2.12. The van der Waals surface area contributed by atoms with Crippen molar-refractivity contribution in [1.29, 1.82) is 0 Å². The molecule has 0 aliphatic carbocycles. The third kappa shape index (κ3) is 3.59. The maximum absolute atomic E-state index is 12.0. The monoisotopic (exact) mass is 355 g/mol. The minimum atomic E-state index is -0.636. The second kappa shape index (κ2) is 7.30. The number of hydrazone groups is 1. The van der Waals surface area contributed by atoms with E-state index in [9.17, 15) is 14.9 Å². The molecule has 10 nitrogen and oxygen atoms in total. The number of nitrogens with one attached hydrogen (secondary N) is 2. The molecule has 3 rings (SSSR count). The van der Waals surface area contributed by atoms with Crippen molar-refractivity contribution in [2.24, 2.45) is 5.10 Å². The van der Waals surface area contributed by atoms with Crippen molar-refractivity contribution in [1.82, 2.24) is 15.6 Å². The number of furan rings is 1. The van der Waals surface area contributed by atoms with Gasteiger partial charge in [-0.1, -0.05) is 0 Å². The van der Waals surface area contributed by atoms with Gasteiger partial charge in [0.2, 0.25) is 0 Å². The lowest BCUT2D eigenvalue weighted by molar-refractivity contribution is -0.401. The highest BCUT2D eigenvalue weighted by Crippen LogP contribution is 2.26. The quantitative estimate of drug-likeness (QED) is 0.396. The first-order valence-electron chi connectivity index (χ1n) is 7.34. The molecule has 10 heteroatoms. The van der Waals surface area contributed by atoms with Crippen molar-refractivity contribution in [3.63, 3.8) is 0 Å². The summed E-state index contributed by atoms with van der Waals surface area (Å²) in [6.45, 7) is 0. The van der Waals surface area contributed by atoms with Crippen LogP contribution in [0, 0.1) is 10.1 Å². The van der Waals surface area contributed by atoms with Gasteiger partial charge in [0.15, 0.2) is 5.76 Å². The Morgan fingerprint density at radius 2 is 2.12 bits per heavy atom. The van der Waals surface area contributed by atoms with E-state index in [0.717, 1.165) is 0 Å². The molecule has 0 spiro atoms. The second-order valence-corrected chi connectivity index (χ2v) is 5.02. The summed E-state index contributed by atoms with van der Waals surface area (Å²) >= 11 is 0. The van der Waals surface area contributed by atoms with Crippen molar-refractivity contribution in [3.8, 4) is 17.2 Å². The number of amides is 1. The average Bonchev–Trinajstić information content (AvgIpc) is 3.30. The van der Waals surface area contributed by atoms with E-state index in [0.29, 0.717) is 22.6 Å². The van der Waals surface area contributed by atoms with Gasteiger partial charge in [0, 0.05) is 11.1 Å².